The molecule has 0 N–H and O–H groups in total. The van der Waals surface area contributed by atoms with Crippen molar-refractivity contribution in [3.8, 4) is 0 Å². The van der Waals surface area contributed by atoms with Crippen LogP contribution in [0.5, 0.6) is 0 Å². The van der Waals surface area contributed by atoms with E-state index in [0.29, 0.717) is 13.0 Å². The normalized spacial score (nSPS) is 32.3. The lowest BCUT2D eigenvalue weighted by Crippen LogP contribution is -2.48. The molecule has 2 saturated heterocycles. The molecule has 0 saturated carbocycles. The maximum Gasteiger partial charge on any atom is 0.302 e. The van der Waals surface area contributed by atoms with Crippen LogP contribution in [-0.4, -0.2) is 47.5 Å². The van der Waals surface area contributed by atoms with Gasteiger partial charge in [-0.05, 0) is 5.56 Å². The first-order valence-corrected chi connectivity index (χ1v) is 9.84. The Labute approximate surface area is 156 Å². The van der Waals surface area contributed by atoms with Crippen molar-refractivity contribution in [1.29, 1.82) is 0 Å². The molecule has 0 amide bonds. The van der Waals surface area contributed by atoms with Gasteiger partial charge in [0.05, 0.1) is 31.0 Å². The largest absolute Gasteiger partial charge is 0.463 e. The summed E-state index contributed by atoms with van der Waals surface area (Å²) in [6.45, 7) is 2.24. The minimum absolute atomic E-state index is 0.0137. The Morgan fingerprint density at radius 1 is 1.21 bits per heavy atom. The van der Waals surface area contributed by atoms with E-state index in [1.165, 1.54) is 6.92 Å². The second-order valence-corrected chi connectivity index (χ2v) is 7.16. The highest BCUT2D eigenvalue weighted by atomic mass is 127. The Morgan fingerprint density at radius 2 is 2.00 bits per heavy atom. The summed E-state index contributed by atoms with van der Waals surface area (Å²) in [5.74, 6) is -0.282. The molecule has 1 unspecified atom stereocenters. The highest BCUT2D eigenvalue weighted by molar-refractivity contribution is 14.1. The van der Waals surface area contributed by atoms with Crippen molar-refractivity contribution in [2.45, 2.75) is 56.9 Å². The number of hydrogen-bond donors (Lipinski definition) is 0. The van der Waals surface area contributed by atoms with Crippen LogP contribution in [0.4, 0.5) is 0 Å². The number of halogens is 1. The molecule has 0 aromatic heterocycles. The molecule has 6 heteroatoms. The Morgan fingerprint density at radius 3 is 2.71 bits per heavy atom. The zero-order chi connectivity index (χ0) is 16.9. The van der Waals surface area contributed by atoms with Crippen LogP contribution in [0.3, 0.4) is 0 Å². The molecule has 2 aliphatic heterocycles. The van der Waals surface area contributed by atoms with Crippen LogP contribution in [0, 0.1) is 0 Å². The predicted octanol–water partition coefficient (Wildman–Crippen LogP) is 2.88. The molecule has 5 nitrogen and oxygen atoms in total. The maximum atomic E-state index is 11.1. The van der Waals surface area contributed by atoms with Gasteiger partial charge in [0.2, 0.25) is 0 Å². The van der Waals surface area contributed by atoms with E-state index in [0.717, 1.165) is 16.4 Å². The smallest absolute Gasteiger partial charge is 0.302 e. The first-order chi connectivity index (χ1) is 11.7. The van der Waals surface area contributed by atoms with Gasteiger partial charge in [-0.2, -0.15) is 0 Å². The minimum Gasteiger partial charge on any atom is -0.463 e. The van der Waals surface area contributed by atoms with Crippen LogP contribution in [-0.2, 0) is 30.3 Å². The van der Waals surface area contributed by atoms with E-state index in [-0.39, 0.29) is 43.1 Å². The molecular formula is C18H23IO5. The minimum atomic E-state index is -0.282. The zero-order valence-corrected chi connectivity index (χ0v) is 15.9. The summed E-state index contributed by atoms with van der Waals surface area (Å²) in [5, 5.41) is 0. The average Bonchev–Trinajstić information content (AvgIpc) is 3.02. The van der Waals surface area contributed by atoms with Gasteiger partial charge >= 0.3 is 5.97 Å². The Bertz CT molecular complexity index is 537. The monoisotopic (exact) mass is 446 g/mol. The lowest BCUT2D eigenvalue weighted by molar-refractivity contribution is -0.187. The lowest BCUT2D eigenvalue weighted by atomic mass is 9.97. The van der Waals surface area contributed by atoms with Gasteiger partial charge in [-0.15, -0.1) is 0 Å². The van der Waals surface area contributed by atoms with Gasteiger partial charge in [-0.1, -0.05) is 52.9 Å². The average molecular weight is 446 g/mol. The molecule has 2 aliphatic rings. The molecule has 0 aliphatic carbocycles. The molecule has 5 atom stereocenters. The molecule has 3 rings (SSSR count). The van der Waals surface area contributed by atoms with Crippen LogP contribution in [0.15, 0.2) is 30.3 Å². The number of carbonyl (C=O) groups excluding carboxylic acids is 1. The van der Waals surface area contributed by atoms with Crippen molar-refractivity contribution in [2.75, 3.05) is 11.0 Å². The number of hydrogen-bond acceptors (Lipinski definition) is 5. The van der Waals surface area contributed by atoms with Crippen molar-refractivity contribution in [3.05, 3.63) is 35.9 Å². The van der Waals surface area contributed by atoms with Crippen molar-refractivity contribution in [1.82, 2.24) is 0 Å². The third-order valence-electron chi connectivity index (χ3n) is 4.39. The van der Waals surface area contributed by atoms with Crippen molar-refractivity contribution in [2.24, 2.45) is 0 Å². The van der Waals surface area contributed by atoms with Gasteiger partial charge in [-0.25, -0.2) is 0 Å². The topological polar surface area (TPSA) is 54.0 Å². The van der Waals surface area contributed by atoms with E-state index in [4.69, 9.17) is 18.9 Å². The number of esters is 1. The van der Waals surface area contributed by atoms with Crippen molar-refractivity contribution in [3.63, 3.8) is 0 Å². The first kappa shape index (κ1) is 18.1. The van der Waals surface area contributed by atoms with Gasteiger partial charge in [0.1, 0.15) is 12.7 Å². The van der Waals surface area contributed by atoms with E-state index in [9.17, 15) is 4.79 Å². The van der Waals surface area contributed by atoms with Crippen LogP contribution in [0.2, 0.25) is 0 Å². The first-order valence-electron chi connectivity index (χ1n) is 8.31. The van der Waals surface area contributed by atoms with Crippen LogP contribution >= 0.6 is 22.6 Å². The van der Waals surface area contributed by atoms with E-state index in [2.05, 4.69) is 34.7 Å². The number of rotatable bonds is 6. The SMILES string of the molecule is CC(=O)OC[C@@H]1C[C@H](OCc2ccccc2)[C@@H]2OC(CI)C[C@H]2O1. The van der Waals surface area contributed by atoms with Gasteiger partial charge in [-0.3, -0.25) is 4.79 Å². The summed E-state index contributed by atoms with van der Waals surface area (Å²) >= 11 is 2.34. The fraction of sp³-hybridized carbons (Fsp3) is 0.611. The second-order valence-electron chi connectivity index (χ2n) is 6.28. The molecule has 2 heterocycles. The van der Waals surface area contributed by atoms with E-state index in [1.54, 1.807) is 0 Å². The number of ether oxygens (including phenoxy) is 4. The summed E-state index contributed by atoms with van der Waals surface area (Å²) in [5.41, 5.74) is 1.14. The number of benzene rings is 1. The maximum absolute atomic E-state index is 11.1. The third-order valence-corrected chi connectivity index (χ3v) is 5.37. The van der Waals surface area contributed by atoms with E-state index >= 15 is 0 Å². The summed E-state index contributed by atoms with van der Waals surface area (Å²) < 4.78 is 24.4. The summed E-state index contributed by atoms with van der Waals surface area (Å²) in [6.07, 6.45) is 1.55. The highest BCUT2D eigenvalue weighted by Crippen LogP contribution is 2.35. The lowest BCUT2D eigenvalue weighted by Gasteiger charge is -2.37. The molecule has 1 aromatic carbocycles. The zero-order valence-electron chi connectivity index (χ0n) is 13.7. The molecule has 0 spiro atoms. The predicted molar refractivity (Wildman–Crippen MR) is 97.1 cm³/mol. The fourth-order valence-corrected chi connectivity index (χ4v) is 3.84. The van der Waals surface area contributed by atoms with Gasteiger partial charge in [0, 0.05) is 24.2 Å². The summed E-state index contributed by atoms with van der Waals surface area (Å²) in [7, 11) is 0. The van der Waals surface area contributed by atoms with Crippen LogP contribution < -0.4 is 0 Å². The summed E-state index contributed by atoms with van der Waals surface area (Å²) in [6, 6.07) is 10.1. The Hall–Kier alpha value is -0.700. The second kappa shape index (κ2) is 8.60. The quantitative estimate of drug-likeness (QED) is 0.382. The van der Waals surface area contributed by atoms with Crippen molar-refractivity contribution < 1.29 is 23.7 Å². The number of alkyl halides is 1. The Balaban J connectivity index is 1.63. The molecular weight excluding hydrogens is 423 g/mol. The van der Waals surface area contributed by atoms with Crippen LogP contribution in [0.1, 0.15) is 25.3 Å². The molecule has 0 radical (unpaired) electrons. The van der Waals surface area contributed by atoms with Gasteiger partial charge < -0.3 is 18.9 Å². The molecule has 1 aromatic rings. The fourth-order valence-electron chi connectivity index (χ4n) is 3.27. The molecule has 0 bridgehead atoms. The third kappa shape index (κ3) is 4.68. The number of carbonyl (C=O) groups is 1. The highest BCUT2D eigenvalue weighted by Gasteiger charge is 2.46. The molecule has 24 heavy (non-hydrogen) atoms. The van der Waals surface area contributed by atoms with Crippen LogP contribution in [0.25, 0.3) is 0 Å². The van der Waals surface area contributed by atoms with E-state index in [1.807, 2.05) is 18.2 Å². The molecule has 2 fully saturated rings. The van der Waals surface area contributed by atoms with Gasteiger partial charge in [0.25, 0.3) is 0 Å². The van der Waals surface area contributed by atoms with Gasteiger partial charge in [0.15, 0.2) is 0 Å². The van der Waals surface area contributed by atoms with E-state index < -0.39 is 0 Å². The standard InChI is InChI=1S/C18H23IO5/c1-12(20)21-11-15-8-16(22-10-13-5-3-2-4-6-13)18-17(23-15)7-14(9-19)24-18/h2-6,14-18H,7-11H2,1H3/t14?,15-,16-,17+,18-/m0/s1. The van der Waals surface area contributed by atoms with Crippen molar-refractivity contribution >= 4 is 28.6 Å². The molecule has 132 valence electrons. The summed E-state index contributed by atoms with van der Waals surface area (Å²) in [4.78, 5) is 11.1. The Kier molecular flexibility index (Phi) is 6.49. The number of fused-ring (bicyclic) bond motifs is 1.